The summed E-state index contributed by atoms with van der Waals surface area (Å²) < 4.78 is 5.27. The Morgan fingerprint density at radius 3 is 2.70 bits per heavy atom. The van der Waals surface area contributed by atoms with Crippen LogP contribution in [0.5, 0.6) is 5.75 Å². The lowest BCUT2D eigenvalue weighted by Crippen LogP contribution is -2.44. The van der Waals surface area contributed by atoms with Gasteiger partial charge in [-0.25, -0.2) is 0 Å². The fourth-order valence-corrected chi connectivity index (χ4v) is 2.31. The summed E-state index contributed by atoms with van der Waals surface area (Å²) in [6.07, 6.45) is 0.276. The number of benzene rings is 2. The first-order valence-corrected chi connectivity index (χ1v) is 7.88. The zero-order chi connectivity index (χ0) is 17.0. The standard InChI is InChI=1S/C19H25NO3/c1-13(2)19(3,22)12-20-18(21)10-15-7-5-6-14-8-9-16(23-4)11-17(14)15/h5-9,11,13,22H,10,12H2,1-4H3,(H,20,21). The molecule has 2 rings (SSSR count). The van der Waals surface area contributed by atoms with E-state index in [0.29, 0.717) is 0 Å². The first-order valence-electron chi connectivity index (χ1n) is 7.88. The lowest BCUT2D eigenvalue weighted by atomic mass is 9.92. The third-order valence-electron chi connectivity index (χ3n) is 4.42. The maximum atomic E-state index is 12.2. The fourth-order valence-electron chi connectivity index (χ4n) is 2.31. The van der Waals surface area contributed by atoms with E-state index >= 15 is 0 Å². The highest BCUT2D eigenvalue weighted by molar-refractivity contribution is 5.91. The number of fused-ring (bicyclic) bond motifs is 1. The molecule has 1 unspecified atom stereocenters. The van der Waals surface area contributed by atoms with Crippen LogP contribution < -0.4 is 10.1 Å². The highest BCUT2D eigenvalue weighted by Gasteiger charge is 2.25. The molecule has 1 atom stereocenters. The zero-order valence-electron chi connectivity index (χ0n) is 14.2. The van der Waals surface area contributed by atoms with Gasteiger partial charge in [-0.3, -0.25) is 4.79 Å². The number of aliphatic hydroxyl groups is 1. The molecule has 1 amide bonds. The molecule has 0 saturated carbocycles. The van der Waals surface area contributed by atoms with Gasteiger partial charge in [-0.1, -0.05) is 38.1 Å². The fraction of sp³-hybridized carbons (Fsp3) is 0.421. The maximum Gasteiger partial charge on any atom is 0.224 e. The smallest absolute Gasteiger partial charge is 0.224 e. The summed E-state index contributed by atoms with van der Waals surface area (Å²) in [5.41, 5.74) is 0.0422. The molecule has 0 bridgehead atoms. The van der Waals surface area contributed by atoms with Crippen LogP contribution in [0.2, 0.25) is 0 Å². The molecule has 23 heavy (non-hydrogen) atoms. The second-order valence-corrected chi connectivity index (χ2v) is 6.47. The molecule has 4 nitrogen and oxygen atoms in total. The summed E-state index contributed by atoms with van der Waals surface area (Å²) in [6.45, 7) is 5.85. The van der Waals surface area contributed by atoms with Crippen molar-refractivity contribution in [3.05, 3.63) is 42.0 Å². The molecule has 124 valence electrons. The highest BCUT2D eigenvalue weighted by Crippen LogP contribution is 2.24. The van der Waals surface area contributed by atoms with Crippen molar-refractivity contribution in [1.82, 2.24) is 5.32 Å². The summed E-state index contributed by atoms with van der Waals surface area (Å²) in [6, 6.07) is 11.7. The molecular weight excluding hydrogens is 290 g/mol. The predicted molar refractivity (Wildman–Crippen MR) is 92.7 cm³/mol. The van der Waals surface area contributed by atoms with Crippen LogP contribution in [0.1, 0.15) is 26.3 Å². The Balaban J connectivity index is 2.13. The molecule has 2 aromatic rings. The molecule has 0 spiro atoms. The molecule has 0 aliphatic carbocycles. The van der Waals surface area contributed by atoms with Crippen molar-refractivity contribution in [2.75, 3.05) is 13.7 Å². The monoisotopic (exact) mass is 315 g/mol. The minimum atomic E-state index is -0.905. The minimum Gasteiger partial charge on any atom is -0.497 e. The number of rotatable bonds is 6. The lowest BCUT2D eigenvalue weighted by Gasteiger charge is -2.27. The second kappa shape index (κ2) is 7.01. The van der Waals surface area contributed by atoms with Crippen molar-refractivity contribution in [2.24, 2.45) is 5.92 Å². The van der Waals surface area contributed by atoms with Crippen molar-refractivity contribution in [3.8, 4) is 5.75 Å². The summed E-state index contributed by atoms with van der Waals surface area (Å²) >= 11 is 0. The second-order valence-electron chi connectivity index (χ2n) is 6.47. The van der Waals surface area contributed by atoms with Gasteiger partial charge in [0.15, 0.2) is 0 Å². The number of amides is 1. The third-order valence-corrected chi connectivity index (χ3v) is 4.42. The first-order chi connectivity index (χ1) is 10.8. The van der Waals surface area contributed by atoms with Crippen molar-refractivity contribution in [3.63, 3.8) is 0 Å². The van der Waals surface area contributed by atoms with Crippen LogP contribution in [0.15, 0.2) is 36.4 Å². The molecule has 0 fully saturated rings. The van der Waals surface area contributed by atoms with Crippen LogP contribution >= 0.6 is 0 Å². The van der Waals surface area contributed by atoms with Gasteiger partial charge in [0, 0.05) is 6.54 Å². The largest absolute Gasteiger partial charge is 0.497 e. The molecule has 0 aliphatic heterocycles. The van der Waals surface area contributed by atoms with E-state index in [4.69, 9.17) is 4.74 Å². The summed E-state index contributed by atoms with van der Waals surface area (Å²) in [4.78, 5) is 12.2. The van der Waals surface area contributed by atoms with Gasteiger partial charge in [0.25, 0.3) is 0 Å². The van der Waals surface area contributed by atoms with Crippen molar-refractivity contribution in [1.29, 1.82) is 0 Å². The molecule has 0 saturated heterocycles. The average molecular weight is 315 g/mol. The molecule has 0 radical (unpaired) electrons. The van der Waals surface area contributed by atoms with Crippen LogP contribution in [0, 0.1) is 5.92 Å². The minimum absolute atomic E-state index is 0.0737. The number of methoxy groups -OCH3 is 1. The van der Waals surface area contributed by atoms with Crippen molar-refractivity contribution in [2.45, 2.75) is 32.8 Å². The molecule has 0 aromatic heterocycles. The van der Waals surface area contributed by atoms with Gasteiger partial charge < -0.3 is 15.2 Å². The van der Waals surface area contributed by atoms with Crippen LogP contribution in [0.3, 0.4) is 0 Å². The summed E-state index contributed by atoms with van der Waals surface area (Å²) in [7, 11) is 1.63. The van der Waals surface area contributed by atoms with E-state index in [-0.39, 0.29) is 24.8 Å². The SMILES string of the molecule is COc1ccc2cccc(CC(=O)NCC(C)(O)C(C)C)c2c1. The Bertz CT molecular complexity index is 692. The van der Waals surface area contributed by atoms with Crippen LogP contribution in [-0.2, 0) is 11.2 Å². The Kier molecular flexibility index (Phi) is 5.26. The molecule has 0 aliphatic rings. The Hall–Kier alpha value is -2.07. The quantitative estimate of drug-likeness (QED) is 0.862. The average Bonchev–Trinajstić information content (AvgIpc) is 2.53. The van der Waals surface area contributed by atoms with Gasteiger partial charge in [-0.15, -0.1) is 0 Å². The maximum absolute atomic E-state index is 12.2. The number of hydrogen-bond donors (Lipinski definition) is 2. The van der Waals surface area contributed by atoms with Gasteiger partial charge in [0.2, 0.25) is 5.91 Å². The van der Waals surface area contributed by atoms with E-state index in [1.807, 2.05) is 50.2 Å². The van der Waals surface area contributed by atoms with E-state index in [9.17, 15) is 9.90 Å². The summed E-state index contributed by atoms with van der Waals surface area (Å²) in [5.74, 6) is 0.749. The van der Waals surface area contributed by atoms with Crippen molar-refractivity contribution >= 4 is 16.7 Å². The molecule has 0 heterocycles. The van der Waals surface area contributed by atoms with Crippen molar-refractivity contribution < 1.29 is 14.6 Å². The van der Waals surface area contributed by atoms with E-state index in [0.717, 1.165) is 22.1 Å². The summed E-state index contributed by atoms with van der Waals surface area (Å²) in [5, 5.41) is 15.1. The molecular formula is C19H25NO3. The Labute approximate surface area is 137 Å². The van der Waals surface area contributed by atoms with Gasteiger partial charge in [0.1, 0.15) is 5.75 Å². The topological polar surface area (TPSA) is 58.6 Å². The zero-order valence-corrected chi connectivity index (χ0v) is 14.2. The van der Waals surface area contributed by atoms with E-state index in [1.54, 1.807) is 14.0 Å². The van der Waals surface area contributed by atoms with E-state index < -0.39 is 5.60 Å². The van der Waals surface area contributed by atoms with E-state index in [1.165, 1.54) is 0 Å². The van der Waals surface area contributed by atoms with Crippen LogP contribution in [0.4, 0.5) is 0 Å². The highest BCUT2D eigenvalue weighted by atomic mass is 16.5. The molecule has 2 N–H and O–H groups in total. The normalized spacial score (nSPS) is 13.8. The molecule has 4 heteroatoms. The third kappa shape index (κ3) is 4.23. The lowest BCUT2D eigenvalue weighted by molar-refractivity contribution is -0.122. The number of hydrogen-bond acceptors (Lipinski definition) is 3. The number of carbonyl (C=O) groups is 1. The van der Waals surface area contributed by atoms with Gasteiger partial charge in [0.05, 0.1) is 19.1 Å². The van der Waals surface area contributed by atoms with E-state index in [2.05, 4.69) is 5.32 Å². The van der Waals surface area contributed by atoms with Gasteiger partial charge in [-0.05, 0) is 41.3 Å². The van der Waals surface area contributed by atoms with Gasteiger partial charge in [-0.2, -0.15) is 0 Å². The number of nitrogens with one attached hydrogen (secondary N) is 1. The predicted octanol–water partition coefficient (Wildman–Crippen LogP) is 2.91. The Morgan fingerprint density at radius 1 is 1.30 bits per heavy atom. The van der Waals surface area contributed by atoms with Crippen LogP contribution in [-0.4, -0.2) is 30.3 Å². The van der Waals surface area contributed by atoms with Gasteiger partial charge >= 0.3 is 0 Å². The number of ether oxygens (including phenoxy) is 1. The number of carbonyl (C=O) groups excluding carboxylic acids is 1. The Morgan fingerprint density at radius 2 is 2.04 bits per heavy atom. The first kappa shape index (κ1) is 17.3. The molecule has 2 aromatic carbocycles. The van der Waals surface area contributed by atoms with Crippen LogP contribution in [0.25, 0.3) is 10.8 Å².